The van der Waals surface area contributed by atoms with Crippen LogP contribution in [-0.4, -0.2) is 19.9 Å². The first-order valence-electron chi connectivity index (χ1n) is 3.56. The van der Waals surface area contributed by atoms with E-state index in [1.165, 1.54) is 0 Å². The Bertz CT molecular complexity index is 243. The highest BCUT2D eigenvalue weighted by Gasteiger charge is 1.93. The maximum absolute atomic E-state index is 8.60. The zero-order valence-electron chi connectivity index (χ0n) is 7.07. The maximum atomic E-state index is 8.60. The Kier molecular flexibility index (Phi) is 0.620. The molecule has 1 rings (SSSR count). The number of aromatic nitrogens is 3. The third-order valence-corrected chi connectivity index (χ3v) is 0.760. The highest BCUT2D eigenvalue weighted by Crippen LogP contribution is 1.86. The number of aryl methyl sites for hydroxylation is 1. The Labute approximate surface area is 51.0 Å². The van der Waals surface area contributed by atoms with E-state index < -0.39 is 13.6 Å². The Balaban J connectivity index is 3.02. The zero-order valence-corrected chi connectivity index (χ0v) is 4.07. The molecule has 0 saturated carbocycles. The van der Waals surface area contributed by atoms with Crippen molar-refractivity contribution in [3.05, 3.63) is 12.2 Å². The summed E-state index contributed by atoms with van der Waals surface area (Å²) < 4.78 is 21.5. The molecule has 1 aromatic rings. The standard InChI is InChI=1S/C4H7N3O/c1-7-4(2-8)5-3-6-7/h3,8H,2H2,1H3/i1D3. The van der Waals surface area contributed by atoms with Crippen LogP contribution < -0.4 is 0 Å². The molecule has 0 atom stereocenters. The van der Waals surface area contributed by atoms with Gasteiger partial charge in [-0.1, -0.05) is 0 Å². The number of nitrogens with zero attached hydrogens (tertiary/aromatic N) is 3. The van der Waals surface area contributed by atoms with Gasteiger partial charge in [-0.3, -0.25) is 4.68 Å². The molecule has 4 nitrogen and oxygen atoms in total. The van der Waals surface area contributed by atoms with Crippen LogP contribution in [0.3, 0.4) is 0 Å². The zero-order chi connectivity index (χ0) is 8.48. The fourth-order valence-corrected chi connectivity index (χ4v) is 0.373. The minimum atomic E-state index is -2.35. The molecule has 0 fully saturated rings. The van der Waals surface area contributed by atoms with Crippen molar-refractivity contribution in [3.8, 4) is 0 Å². The molecule has 0 unspecified atom stereocenters. The third kappa shape index (κ3) is 0.696. The van der Waals surface area contributed by atoms with E-state index in [2.05, 4.69) is 10.1 Å². The van der Waals surface area contributed by atoms with Gasteiger partial charge in [0.15, 0.2) is 5.82 Å². The van der Waals surface area contributed by atoms with Crippen molar-refractivity contribution in [1.82, 2.24) is 14.8 Å². The van der Waals surface area contributed by atoms with E-state index >= 15 is 0 Å². The van der Waals surface area contributed by atoms with Gasteiger partial charge in [0.1, 0.15) is 12.9 Å². The summed E-state index contributed by atoms with van der Waals surface area (Å²) in [5, 5.41) is 12.0. The van der Waals surface area contributed by atoms with Crippen molar-refractivity contribution in [2.45, 2.75) is 6.61 Å². The Morgan fingerprint density at radius 1 is 2.12 bits per heavy atom. The smallest absolute Gasteiger partial charge is 0.152 e. The van der Waals surface area contributed by atoms with Crippen LogP contribution >= 0.6 is 0 Å². The minimum absolute atomic E-state index is 0.0463. The maximum Gasteiger partial charge on any atom is 0.152 e. The molecule has 0 aliphatic rings. The van der Waals surface area contributed by atoms with Gasteiger partial charge in [-0.2, -0.15) is 5.10 Å². The van der Waals surface area contributed by atoms with E-state index in [0.29, 0.717) is 4.68 Å². The van der Waals surface area contributed by atoms with Gasteiger partial charge in [0.2, 0.25) is 0 Å². The van der Waals surface area contributed by atoms with E-state index in [1.807, 2.05) is 0 Å². The van der Waals surface area contributed by atoms with Crippen LogP contribution in [0.1, 0.15) is 9.94 Å². The quantitative estimate of drug-likeness (QED) is 0.528. The Hall–Kier alpha value is -0.900. The van der Waals surface area contributed by atoms with Gasteiger partial charge < -0.3 is 5.11 Å². The van der Waals surface area contributed by atoms with E-state index in [1.54, 1.807) is 0 Å². The summed E-state index contributed by atoms with van der Waals surface area (Å²) in [6, 6.07) is 0. The third-order valence-electron chi connectivity index (χ3n) is 0.760. The van der Waals surface area contributed by atoms with Crippen molar-refractivity contribution in [2.75, 3.05) is 0 Å². The second-order valence-electron chi connectivity index (χ2n) is 1.25. The number of hydrogen-bond acceptors (Lipinski definition) is 3. The molecule has 0 aromatic carbocycles. The number of hydrogen-bond donors (Lipinski definition) is 1. The van der Waals surface area contributed by atoms with E-state index in [4.69, 9.17) is 9.22 Å². The summed E-state index contributed by atoms with van der Waals surface area (Å²) in [5.74, 6) is 0.0463. The molecule has 44 valence electrons. The van der Waals surface area contributed by atoms with Crippen LogP contribution in [0.5, 0.6) is 0 Å². The summed E-state index contributed by atoms with van der Waals surface area (Å²) in [5.41, 5.74) is 0. The summed E-state index contributed by atoms with van der Waals surface area (Å²) in [4.78, 5) is 3.54. The van der Waals surface area contributed by atoms with Crippen molar-refractivity contribution < 1.29 is 9.22 Å². The Morgan fingerprint density at radius 2 is 3.00 bits per heavy atom. The molecule has 1 heterocycles. The lowest BCUT2D eigenvalue weighted by Crippen LogP contribution is -1.97. The SMILES string of the molecule is [2H]C([2H])([2H])n1ncnc1CO. The van der Waals surface area contributed by atoms with Crippen LogP contribution in [0.15, 0.2) is 6.33 Å². The first-order valence-corrected chi connectivity index (χ1v) is 2.06. The summed E-state index contributed by atoms with van der Waals surface area (Å²) in [6.45, 7) is -2.77. The molecule has 1 aromatic heterocycles. The molecule has 0 saturated heterocycles. The molecule has 0 spiro atoms. The minimum Gasteiger partial charge on any atom is -0.388 e. The molecule has 0 aliphatic carbocycles. The van der Waals surface area contributed by atoms with Crippen LogP contribution in [0.2, 0.25) is 0 Å². The summed E-state index contributed by atoms with van der Waals surface area (Å²) in [6.07, 6.45) is 1.10. The van der Waals surface area contributed by atoms with Gasteiger partial charge in [0.05, 0.1) is 0 Å². The molecule has 0 aliphatic heterocycles. The van der Waals surface area contributed by atoms with Crippen LogP contribution in [0.25, 0.3) is 0 Å². The highest BCUT2D eigenvalue weighted by atomic mass is 16.3. The van der Waals surface area contributed by atoms with E-state index in [0.717, 1.165) is 6.33 Å². The molecule has 0 radical (unpaired) electrons. The first-order chi connectivity index (χ1) is 5.05. The predicted octanol–water partition coefficient (Wildman–Crippen LogP) is -0.693. The fraction of sp³-hybridized carbons (Fsp3) is 0.500. The molecule has 0 amide bonds. The molecule has 8 heavy (non-hydrogen) atoms. The van der Waals surface area contributed by atoms with Crippen molar-refractivity contribution in [2.24, 2.45) is 6.98 Å². The van der Waals surface area contributed by atoms with E-state index in [9.17, 15) is 0 Å². The van der Waals surface area contributed by atoms with Gasteiger partial charge in [0, 0.05) is 11.1 Å². The molecule has 4 heteroatoms. The largest absolute Gasteiger partial charge is 0.388 e. The van der Waals surface area contributed by atoms with Gasteiger partial charge in [-0.25, -0.2) is 4.98 Å². The molecule has 0 bridgehead atoms. The number of rotatable bonds is 1. The molecular formula is C4H7N3O. The van der Waals surface area contributed by atoms with Crippen molar-refractivity contribution >= 4 is 0 Å². The summed E-state index contributed by atoms with van der Waals surface area (Å²) in [7, 11) is 0. The Morgan fingerprint density at radius 3 is 3.50 bits per heavy atom. The van der Waals surface area contributed by atoms with Gasteiger partial charge >= 0.3 is 0 Å². The predicted molar refractivity (Wildman–Crippen MR) is 26.9 cm³/mol. The first kappa shape index (κ1) is 2.59. The van der Waals surface area contributed by atoms with Crippen LogP contribution in [-0.2, 0) is 13.6 Å². The second-order valence-corrected chi connectivity index (χ2v) is 1.25. The number of aliphatic hydroxyl groups is 1. The molecule has 1 N–H and O–H groups in total. The second kappa shape index (κ2) is 1.92. The van der Waals surface area contributed by atoms with Gasteiger partial charge in [-0.05, 0) is 0 Å². The van der Waals surface area contributed by atoms with E-state index in [-0.39, 0.29) is 5.82 Å². The highest BCUT2D eigenvalue weighted by molar-refractivity contribution is 4.78. The van der Waals surface area contributed by atoms with Gasteiger partial charge in [-0.15, -0.1) is 0 Å². The lowest BCUT2D eigenvalue weighted by atomic mass is 10.7. The average Bonchev–Trinajstić information content (AvgIpc) is 2.31. The van der Waals surface area contributed by atoms with Crippen LogP contribution in [0.4, 0.5) is 0 Å². The van der Waals surface area contributed by atoms with Crippen molar-refractivity contribution in [3.63, 3.8) is 0 Å². The lowest BCUT2D eigenvalue weighted by Gasteiger charge is -1.89. The van der Waals surface area contributed by atoms with Crippen molar-refractivity contribution in [1.29, 1.82) is 0 Å². The number of aliphatic hydroxyl groups excluding tert-OH is 1. The lowest BCUT2D eigenvalue weighted by molar-refractivity contribution is 0.265. The topological polar surface area (TPSA) is 50.9 Å². The molecular weight excluding hydrogens is 106 g/mol. The fourth-order valence-electron chi connectivity index (χ4n) is 0.373. The average molecular weight is 116 g/mol. The summed E-state index contributed by atoms with van der Waals surface area (Å²) >= 11 is 0. The van der Waals surface area contributed by atoms with Crippen LogP contribution in [0, 0.1) is 0 Å². The monoisotopic (exact) mass is 116 g/mol. The van der Waals surface area contributed by atoms with Gasteiger partial charge in [0.25, 0.3) is 0 Å². The normalized spacial score (nSPS) is 16.9.